The van der Waals surface area contributed by atoms with E-state index in [9.17, 15) is 9.59 Å². The van der Waals surface area contributed by atoms with Gasteiger partial charge in [-0.15, -0.1) is 6.58 Å². The summed E-state index contributed by atoms with van der Waals surface area (Å²) >= 11 is 0. The molecule has 0 aliphatic carbocycles. The van der Waals surface area contributed by atoms with Crippen molar-refractivity contribution >= 4 is 17.5 Å². The average Bonchev–Trinajstić information content (AvgIpc) is 3.20. The third-order valence-electron chi connectivity index (χ3n) is 4.06. The van der Waals surface area contributed by atoms with E-state index in [0.717, 1.165) is 5.69 Å². The summed E-state index contributed by atoms with van der Waals surface area (Å²) < 4.78 is 5.17. The number of aromatic nitrogens is 1. The summed E-state index contributed by atoms with van der Waals surface area (Å²) in [5, 5.41) is 2.74. The van der Waals surface area contributed by atoms with E-state index in [1.54, 1.807) is 35.5 Å². The number of hydrogen-bond acceptors (Lipinski definition) is 5. The van der Waals surface area contributed by atoms with Crippen LogP contribution in [0.1, 0.15) is 20.9 Å². The molecule has 0 spiro atoms. The quantitative estimate of drug-likeness (QED) is 0.836. The predicted molar refractivity (Wildman–Crippen MR) is 93.6 cm³/mol. The molecule has 0 atom stereocenters. The van der Waals surface area contributed by atoms with E-state index in [2.05, 4.69) is 21.8 Å². The van der Waals surface area contributed by atoms with Crippen molar-refractivity contribution in [3.05, 3.63) is 60.8 Å². The number of carbonyl (C=O) groups is 2. The van der Waals surface area contributed by atoms with Crippen LogP contribution >= 0.6 is 0 Å². The van der Waals surface area contributed by atoms with Crippen molar-refractivity contribution in [1.29, 1.82) is 0 Å². The molecule has 3 heterocycles. The van der Waals surface area contributed by atoms with Gasteiger partial charge in [0.2, 0.25) is 0 Å². The standard InChI is InChI=1S/C18H20N4O3/c1-2-5-20-17(23)14-11-15(13-19-12-14)21-6-8-22(9-7-21)18(24)16-4-3-10-25-16/h2-4,10-13H,1,5-9H2,(H,20,23). The molecule has 130 valence electrons. The molecular formula is C18H20N4O3. The highest BCUT2D eigenvalue weighted by Gasteiger charge is 2.24. The number of amides is 2. The van der Waals surface area contributed by atoms with E-state index in [1.807, 2.05) is 6.07 Å². The molecule has 7 nitrogen and oxygen atoms in total. The third-order valence-corrected chi connectivity index (χ3v) is 4.06. The first-order valence-electron chi connectivity index (χ1n) is 8.11. The largest absolute Gasteiger partial charge is 0.459 e. The number of nitrogens with one attached hydrogen (secondary N) is 1. The van der Waals surface area contributed by atoms with Crippen LogP contribution in [0.4, 0.5) is 5.69 Å². The normalized spacial score (nSPS) is 14.2. The minimum Gasteiger partial charge on any atom is -0.459 e. The molecule has 2 aromatic rings. The van der Waals surface area contributed by atoms with E-state index in [1.165, 1.54) is 6.26 Å². The first kappa shape index (κ1) is 16.8. The van der Waals surface area contributed by atoms with Crippen LogP contribution in [0.3, 0.4) is 0 Å². The minimum absolute atomic E-state index is 0.0969. The lowest BCUT2D eigenvalue weighted by Crippen LogP contribution is -2.48. The van der Waals surface area contributed by atoms with Gasteiger partial charge in [-0.05, 0) is 18.2 Å². The smallest absolute Gasteiger partial charge is 0.289 e. The SMILES string of the molecule is C=CCNC(=O)c1cncc(N2CCN(C(=O)c3ccco3)CC2)c1. The molecule has 7 heteroatoms. The van der Waals surface area contributed by atoms with Gasteiger partial charge in [0.1, 0.15) is 0 Å². The number of piperazine rings is 1. The van der Waals surface area contributed by atoms with Crippen LogP contribution in [0.2, 0.25) is 0 Å². The van der Waals surface area contributed by atoms with Crippen LogP contribution < -0.4 is 10.2 Å². The number of carbonyl (C=O) groups excluding carboxylic acids is 2. The van der Waals surface area contributed by atoms with Crippen molar-refractivity contribution in [1.82, 2.24) is 15.2 Å². The Labute approximate surface area is 145 Å². The van der Waals surface area contributed by atoms with Gasteiger partial charge < -0.3 is 19.5 Å². The van der Waals surface area contributed by atoms with Gasteiger partial charge in [0.25, 0.3) is 11.8 Å². The summed E-state index contributed by atoms with van der Waals surface area (Å²) in [7, 11) is 0. The van der Waals surface area contributed by atoms with Crippen LogP contribution in [-0.2, 0) is 0 Å². The predicted octanol–water partition coefficient (Wildman–Crippen LogP) is 1.55. The van der Waals surface area contributed by atoms with Crippen molar-refractivity contribution in [2.75, 3.05) is 37.6 Å². The summed E-state index contributed by atoms with van der Waals surface area (Å²) in [4.78, 5) is 32.4. The molecule has 2 aromatic heterocycles. The molecule has 0 saturated carbocycles. The molecule has 0 aromatic carbocycles. The van der Waals surface area contributed by atoms with Crippen LogP contribution in [-0.4, -0.2) is 54.4 Å². The van der Waals surface area contributed by atoms with Gasteiger partial charge in [-0.3, -0.25) is 14.6 Å². The first-order chi connectivity index (χ1) is 12.2. The molecule has 25 heavy (non-hydrogen) atoms. The molecule has 2 amide bonds. The van der Waals surface area contributed by atoms with E-state index < -0.39 is 0 Å². The molecule has 1 saturated heterocycles. The second-order valence-electron chi connectivity index (χ2n) is 5.69. The maximum absolute atomic E-state index is 12.3. The lowest BCUT2D eigenvalue weighted by molar-refractivity contribution is 0.0714. The number of nitrogens with zero attached hydrogens (tertiary/aromatic N) is 3. The topological polar surface area (TPSA) is 78.7 Å². The van der Waals surface area contributed by atoms with Crippen LogP contribution in [0.15, 0.2) is 53.9 Å². The Morgan fingerprint density at radius 3 is 2.76 bits per heavy atom. The third kappa shape index (κ3) is 3.88. The van der Waals surface area contributed by atoms with Gasteiger partial charge in [-0.2, -0.15) is 0 Å². The summed E-state index contributed by atoms with van der Waals surface area (Å²) in [6, 6.07) is 5.19. The van der Waals surface area contributed by atoms with Crippen molar-refractivity contribution in [3.63, 3.8) is 0 Å². The zero-order valence-corrected chi connectivity index (χ0v) is 13.9. The Hall–Kier alpha value is -3.09. The fraction of sp³-hybridized carbons (Fsp3) is 0.278. The number of hydrogen-bond donors (Lipinski definition) is 1. The van der Waals surface area contributed by atoms with Crippen molar-refractivity contribution in [2.24, 2.45) is 0 Å². The Balaban J connectivity index is 1.62. The maximum Gasteiger partial charge on any atom is 0.289 e. The molecule has 3 rings (SSSR count). The molecule has 1 N–H and O–H groups in total. The van der Waals surface area contributed by atoms with Crippen LogP contribution in [0.5, 0.6) is 0 Å². The highest BCUT2D eigenvalue weighted by Crippen LogP contribution is 2.18. The Kier molecular flexibility index (Phi) is 5.13. The lowest BCUT2D eigenvalue weighted by Gasteiger charge is -2.35. The summed E-state index contributed by atoms with van der Waals surface area (Å²) in [5.41, 5.74) is 1.38. The molecular weight excluding hydrogens is 320 g/mol. The average molecular weight is 340 g/mol. The highest BCUT2D eigenvalue weighted by molar-refractivity contribution is 5.95. The molecule has 0 unspecified atom stereocenters. The minimum atomic E-state index is -0.180. The molecule has 0 radical (unpaired) electrons. The Morgan fingerprint density at radius 1 is 1.28 bits per heavy atom. The van der Waals surface area contributed by atoms with Gasteiger partial charge in [-0.25, -0.2) is 0 Å². The zero-order valence-electron chi connectivity index (χ0n) is 13.9. The van der Waals surface area contributed by atoms with Crippen molar-refractivity contribution in [2.45, 2.75) is 0 Å². The second kappa shape index (κ2) is 7.65. The first-order valence-corrected chi connectivity index (χ1v) is 8.11. The summed E-state index contributed by atoms with van der Waals surface area (Å²) in [5.74, 6) is 0.0808. The van der Waals surface area contributed by atoms with Crippen molar-refractivity contribution < 1.29 is 14.0 Å². The highest BCUT2D eigenvalue weighted by atomic mass is 16.3. The van der Waals surface area contributed by atoms with Gasteiger partial charge in [-0.1, -0.05) is 6.08 Å². The van der Waals surface area contributed by atoms with E-state index in [-0.39, 0.29) is 11.8 Å². The van der Waals surface area contributed by atoms with E-state index >= 15 is 0 Å². The Morgan fingerprint density at radius 2 is 2.08 bits per heavy atom. The Bertz CT molecular complexity index is 749. The second-order valence-corrected chi connectivity index (χ2v) is 5.69. The van der Waals surface area contributed by atoms with Gasteiger partial charge in [0.15, 0.2) is 5.76 Å². The molecule has 1 aliphatic rings. The molecule has 1 fully saturated rings. The number of furan rings is 1. The molecule has 1 aliphatic heterocycles. The van der Waals surface area contributed by atoms with E-state index in [0.29, 0.717) is 44.0 Å². The fourth-order valence-electron chi connectivity index (χ4n) is 2.72. The summed E-state index contributed by atoms with van der Waals surface area (Å²) in [6.07, 6.45) is 6.40. The summed E-state index contributed by atoms with van der Waals surface area (Å²) in [6.45, 7) is 6.52. The van der Waals surface area contributed by atoms with Gasteiger partial charge >= 0.3 is 0 Å². The lowest BCUT2D eigenvalue weighted by atomic mass is 10.2. The zero-order chi connectivity index (χ0) is 17.6. The van der Waals surface area contributed by atoms with E-state index in [4.69, 9.17) is 4.42 Å². The molecule has 0 bridgehead atoms. The number of pyridine rings is 1. The number of rotatable bonds is 5. The fourth-order valence-corrected chi connectivity index (χ4v) is 2.72. The van der Waals surface area contributed by atoms with Crippen molar-refractivity contribution in [3.8, 4) is 0 Å². The van der Waals surface area contributed by atoms with Crippen LogP contribution in [0, 0.1) is 0 Å². The number of anilines is 1. The van der Waals surface area contributed by atoms with Gasteiger partial charge in [0, 0.05) is 38.9 Å². The van der Waals surface area contributed by atoms with Crippen LogP contribution in [0.25, 0.3) is 0 Å². The monoisotopic (exact) mass is 340 g/mol. The van der Waals surface area contributed by atoms with Gasteiger partial charge in [0.05, 0.1) is 23.7 Å². The maximum atomic E-state index is 12.3.